The molecule has 1 aromatic rings. The van der Waals surface area contributed by atoms with Crippen LogP contribution in [0.25, 0.3) is 0 Å². The standard InChI is InChI=1S/C14H18Cl2N2O2S.ClH/c15-11-5-10(6-12(16)7-11)9-21(19,20)18-4-3-13-1-2-14(8-18)17-13;/h5-7,13-14,17H,1-4,8-9H2;1H. The van der Waals surface area contributed by atoms with Crippen LogP contribution >= 0.6 is 35.6 Å². The summed E-state index contributed by atoms with van der Waals surface area (Å²) in [6.07, 6.45) is 3.09. The predicted molar refractivity (Wildman–Crippen MR) is 92.5 cm³/mol. The lowest BCUT2D eigenvalue weighted by molar-refractivity contribution is 0.383. The lowest BCUT2D eigenvalue weighted by Crippen LogP contribution is -2.39. The van der Waals surface area contributed by atoms with Crippen LogP contribution in [0.5, 0.6) is 0 Å². The normalized spacial score (nSPS) is 25.5. The van der Waals surface area contributed by atoms with Crippen LogP contribution in [-0.2, 0) is 15.8 Å². The summed E-state index contributed by atoms with van der Waals surface area (Å²) in [6, 6.07) is 5.68. The average molecular weight is 386 g/mol. The average Bonchev–Trinajstić information content (AvgIpc) is 2.65. The van der Waals surface area contributed by atoms with E-state index in [4.69, 9.17) is 23.2 Å². The van der Waals surface area contributed by atoms with Gasteiger partial charge in [0.2, 0.25) is 10.0 Å². The Morgan fingerprint density at radius 1 is 1.09 bits per heavy atom. The lowest BCUT2D eigenvalue weighted by Gasteiger charge is -2.23. The van der Waals surface area contributed by atoms with Gasteiger partial charge in [0.05, 0.1) is 5.75 Å². The minimum absolute atomic E-state index is 0. The maximum Gasteiger partial charge on any atom is 0.218 e. The van der Waals surface area contributed by atoms with E-state index in [2.05, 4.69) is 5.32 Å². The predicted octanol–water partition coefficient (Wildman–Crippen LogP) is 3.07. The third-order valence-electron chi connectivity index (χ3n) is 4.15. The Labute approximate surface area is 147 Å². The lowest BCUT2D eigenvalue weighted by atomic mass is 10.1. The number of nitrogens with one attached hydrogen (secondary N) is 1. The van der Waals surface area contributed by atoms with Crippen molar-refractivity contribution in [1.82, 2.24) is 9.62 Å². The highest BCUT2D eigenvalue weighted by atomic mass is 35.5. The quantitative estimate of drug-likeness (QED) is 0.870. The van der Waals surface area contributed by atoms with E-state index in [0.717, 1.165) is 19.3 Å². The zero-order valence-electron chi connectivity index (χ0n) is 12.0. The molecule has 1 N–H and O–H groups in total. The molecule has 0 spiro atoms. The SMILES string of the molecule is Cl.O=S(=O)(Cc1cc(Cl)cc(Cl)c1)N1CCC2CCC(C1)N2. The largest absolute Gasteiger partial charge is 0.310 e. The van der Waals surface area contributed by atoms with Crippen molar-refractivity contribution in [3.63, 3.8) is 0 Å². The molecule has 0 radical (unpaired) electrons. The van der Waals surface area contributed by atoms with Gasteiger partial charge in [0, 0.05) is 35.2 Å². The molecule has 2 heterocycles. The molecule has 1 aromatic carbocycles. The van der Waals surface area contributed by atoms with Crippen molar-refractivity contribution in [3.8, 4) is 0 Å². The van der Waals surface area contributed by atoms with Crippen molar-refractivity contribution < 1.29 is 8.42 Å². The van der Waals surface area contributed by atoms with E-state index < -0.39 is 10.0 Å². The molecule has 2 bridgehead atoms. The van der Waals surface area contributed by atoms with E-state index in [9.17, 15) is 8.42 Å². The summed E-state index contributed by atoms with van der Waals surface area (Å²) < 4.78 is 26.8. The molecule has 22 heavy (non-hydrogen) atoms. The minimum Gasteiger partial charge on any atom is -0.310 e. The van der Waals surface area contributed by atoms with Gasteiger partial charge in [-0.05, 0) is 43.0 Å². The highest BCUT2D eigenvalue weighted by Gasteiger charge is 2.34. The van der Waals surface area contributed by atoms with Gasteiger partial charge in [-0.3, -0.25) is 0 Å². The Balaban J connectivity index is 0.00000176. The maximum absolute atomic E-state index is 12.6. The highest BCUT2D eigenvalue weighted by molar-refractivity contribution is 7.88. The summed E-state index contributed by atoms with van der Waals surface area (Å²) in [5.74, 6) is -0.0509. The van der Waals surface area contributed by atoms with Gasteiger partial charge >= 0.3 is 0 Å². The molecule has 0 aromatic heterocycles. The molecule has 0 aliphatic carbocycles. The Morgan fingerprint density at radius 3 is 2.41 bits per heavy atom. The molecule has 2 aliphatic rings. The summed E-state index contributed by atoms with van der Waals surface area (Å²) in [7, 11) is -3.34. The van der Waals surface area contributed by atoms with E-state index in [-0.39, 0.29) is 24.2 Å². The molecule has 4 nitrogen and oxygen atoms in total. The molecular formula is C14H19Cl3N2O2S. The summed E-state index contributed by atoms with van der Waals surface area (Å²) in [5, 5.41) is 4.41. The van der Waals surface area contributed by atoms with Gasteiger partial charge in [-0.2, -0.15) is 0 Å². The second kappa shape index (κ2) is 7.24. The number of benzene rings is 1. The fraction of sp³-hybridized carbons (Fsp3) is 0.571. The second-order valence-corrected chi connectivity index (χ2v) is 8.66. The molecular weight excluding hydrogens is 367 g/mol. The minimum atomic E-state index is -3.34. The van der Waals surface area contributed by atoms with Crippen LogP contribution in [0.15, 0.2) is 18.2 Å². The van der Waals surface area contributed by atoms with E-state index in [1.165, 1.54) is 0 Å². The van der Waals surface area contributed by atoms with Crippen LogP contribution in [0.4, 0.5) is 0 Å². The topological polar surface area (TPSA) is 49.4 Å². The summed E-state index contributed by atoms with van der Waals surface area (Å²) in [6.45, 7) is 1.15. The van der Waals surface area contributed by atoms with Gasteiger partial charge in [-0.15, -0.1) is 12.4 Å². The molecule has 0 saturated carbocycles. The number of fused-ring (bicyclic) bond motifs is 2. The molecule has 2 unspecified atom stereocenters. The number of rotatable bonds is 3. The third-order valence-corrected chi connectivity index (χ3v) is 6.40. The van der Waals surface area contributed by atoms with Crippen LogP contribution < -0.4 is 5.32 Å². The van der Waals surface area contributed by atoms with Gasteiger partial charge in [0.25, 0.3) is 0 Å². The molecule has 124 valence electrons. The summed E-state index contributed by atoms with van der Waals surface area (Å²) >= 11 is 11.9. The monoisotopic (exact) mass is 384 g/mol. The smallest absolute Gasteiger partial charge is 0.218 e. The van der Waals surface area contributed by atoms with E-state index in [0.29, 0.717) is 34.7 Å². The zero-order valence-corrected chi connectivity index (χ0v) is 15.1. The van der Waals surface area contributed by atoms with Crippen LogP contribution in [0.2, 0.25) is 10.0 Å². The van der Waals surface area contributed by atoms with Crippen molar-refractivity contribution in [2.45, 2.75) is 37.1 Å². The van der Waals surface area contributed by atoms with Gasteiger partial charge in [-0.25, -0.2) is 12.7 Å². The van der Waals surface area contributed by atoms with Gasteiger partial charge < -0.3 is 5.32 Å². The fourth-order valence-electron chi connectivity index (χ4n) is 3.16. The van der Waals surface area contributed by atoms with Gasteiger partial charge in [0.1, 0.15) is 0 Å². The van der Waals surface area contributed by atoms with Gasteiger partial charge in [0.15, 0.2) is 0 Å². The number of nitrogens with zero attached hydrogens (tertiary/aromatic N) is 1. The Hall–Kier alpha value is -0.0400. The van der Waals surface area contributed by atoms with Crippen LogP contribution in [0.3, 0.4) is 0 Å². The summed E-state index contributed by atoms with van der Waals surface area (Å²) in [4.78, 5) is 0. The first-order valence-corrected chi connectivity index (χ1v) is 9.48. The summed E-state index contributed by atoms with van der Waals surface area (Å²) in [5.41, 5.74) is 0.634. The molecule has 8 heteroatoms. The number of hydrogen-bond acceptors (Lipinski definition) is 3. The van der Waals surface area contributed by atoms with Crippen LogP contribution in [0, 0.1) is 0 Å². The number of halogens is 3. The van der Waals surface area contributed by atoms with Crippen molar-refractivity contribution >= 4 is 45.6 Å². The van der Waals surface area contributed by atoms with Crippen molar-refractivity contribution in [2.75, 3.05) is 13.1 Å². The van der Waals surface area contributed by atoms with Crippen LogP contribution in [-0.4, -0.2) is 37.9 Å². The highest BCUT2D eigenvalue weighted by Crippen LogP contribution is 2.25. The van der Waals surface area contributed by atoms with Gasteiger partial charge in [-0.1, -0.05) is 23.2 Å². The maximum atomic E-state index is 12.6. The molecule has 2 aliphatic heterocycles. The van der Waals surface area contributed by atoms with E-state index >= 15 is 0 Å². The Morgan fingerprint density at radius 2 is 1.73 bits per heavy atom. The van der Waals surface area contributed by atoms with E-state index in [1.54, 1.807) is 22.5 Å². The molecule has 2 saturated heterocycles. The second-order valence-electron chi connectivity index (χ2n) is 5.82. The molecule has 2 fully saturated rings. The molecule has 2 atom stereocenters. The number of hydrogen-bond donors (Lipinski definition) is 1. The first kappa shape index (κ1) is 18.3. The van der Waals surface area contributed by atoms with Crippen LogP contribution in [0.1, 0.15) is 24.8 Å². The molecule has 0 amide bonds. The van der Waals surface area contributed by atoms with Crippen molar-refractivity contribution in [2.24, 2.45) is 0 Å². The zero-order chi connectivity index (χ0) is 15.0. The van der Waals surface area contributed by atoms with E-state index in [1.807, 2.05) is 0 Å². The molecule has 3 rings (SSSR count). The van der Waals surface area contributed by atoms with Crippen molar-refractivity contribution in [1.29, 1.82) is 0 Å². The Bertz CT molecular complexity index is 619. The third kappa shape index (κ3) is 4.28. The number of sulfonamides is 1. The fourth-order valence-corrected chi connectivity index (χ4v) is 5.29. The first-order valence-electron chi connectivity index (χ1n) is 7.11. The Kier molecular flexibility index (Phi) is 6.02. The van der Waals surface area contributed by atoms with Crippen molar-refractivity contribution in [3.05, 3.63) is 33.8 Å². The first-order chi connectivity index (χ1) is 9.92.